The summed E-state index contributed by atoms with van der Waals surface area (Å²) in [6.07, 6.45) is 0.317. The lowest BCUT2D eigenvalue weighted by Gasteiger charge is -2.14. The van der Waals surface area contributed by atoms with Gasteiger partial charge in [-0.05, 0) is 34.7 Å². The Bertz CT molecular complexity index is 825. The lowest BCUT2D eigenvalue weighted by Crippen LogP contribution is -2.22. The molecule has 0 amide bonds. The minimum Gasteiger partial charge on any atom is -0.508 e. The van der Waals surface area contributed by atoms with E-state index in [1.807, 2.05) is 19.9 Å². The lowest BCUT2D eigenvalue weighted by atomic mass is 9.96. The third-order valence-corrected chi connectivity index (χ3v) is 4.75. The molecule has 0 aliphatic heterocycles. The second-order valence-electron chi connectivity index (χ2n) is 6.35. The number of halogens is 3. The van der Waals surface area contributed by atoms with Crippen molar-refractivity contribution in [1.82, 2.24) is 5.32 Å². The molecule has 0 fully saturated rings. The van der Waals surface area contributed by atoms with Crippen LogP contribution in [0.1, 0.15) is 42.0 Å². The van der Waals surface area contributed by atoms with Crippen LogP contribution in [0.3, 0.4) is 0 Å². The van der Waals surface area contributed by atoms with E-state index in [0.717, 1.165) is 11.1 Å². The van der Waals surface area contributed by atoms with Crippen LogP contribution in [0.4, 0.5) is 4.39 Å². The molecule has 7 heteroatoms. The van der Waals surface area contributed by atoms with E-state index in [9.17, 15) is 14.3 Å². The van der Waals surface area contributed by atoms with Crippen molar-refractivity contribution in [2.24, 2.45) is 0 Å². The maximum absolute atomic E-state index is 14.5. The number of rotatable bonds is 7. The van der Waals surface area contributed by atoms with E-state index in [0.29, 0.717) is 17.0 Å². The maximum Gasteiger partial charge on any atom is 0.317 e. The van der Waals surface area contributed by atoms with E-state index < -0.39 is 11.8 Å². The van der Waals surface area contributed by atoms with Crippen molar-refractivity contribution in [2.75, 3.05) is 6.54 Å². The number of aliphatic carboxylic acids is 1. The molecule has 2 rings (SSSR count). The summed E-state index contributed by atoms with van der Waals surface area (Å²) in [5.41, 5.74) is 2.31. The highest BCUT2D eigenvalue weighted by Gasteiger charge is 2.17. The quantitative estimate of drug-likeness (QED) is 0.588. The Morgan fingerprint density at radius 1 is 1.27 bits per heavy atom. The molecule has 2 aromatic rings. The van der Waals surface area contributed by atoms with Crippen molar-refractivity contribution >= 4 is 29.2 Å². The van der Waals surface area contributed by atoms with Crippen molar-refractivity contribution in [3.8, 4) is 5.75 Å². The first-order valence-corrected chi connectivity index (χ1v) is 8.85. The molecule has 0 atom stereocenters. The van der Waals surface area contributed by atoms with Gasteiger partial charge in [-0.15, -0.1) is 0 Å². The highest BCUT2D eigenvalue weighted by molar-refractivity contribution is 6.36. The molecule has 0 spiro atoms. The van der Waals surface area contributed by atoms with Gasteiger partial charge in [-0.25, -0.2) is 4.39 Å². The van der Waals surface area contributed by atoms with Crippen LogP contribution in [0, 0.1) is 5.82 Å². The molecule has 0 aromatic heterocycles. The Labute approximate surface area is 161 Å². The third-order valence-electron chi connectivity index (χ3n) is 4.02. The van der Waals surface area contributed by atoms with Gasteiger partial charge in [0.1, 0.15) is 11.6 Å². The minimum atomic E-state index is -1.03. The molecule has 3 N–H and O–H groups in total. The van der Waals surface area contributed by atoms with E-state index in [-0.39, 0.29) is 35.3 Å². The monoisotopic (exact) mass is 399 g/mol. The topological polar surface area (TPSA) is 69.6 Å². The van der Waals surface area contributed by atoms with E-state index >= 15 is 0 Å². The number of carboxylic acid groups (broad SMARTS) is 1. The number of phenols is 1. The molecule has 2 aromatic carbocycles. The number of carboxylic acids is 1. The highest BCUT2D eigenvalue weighted by atomic mass is 35.5. The van der Waals surface area contributed by atoms with Gasteiger partial charge in [0.25, 0.3) is 0 Å². The van der Waals surface area contributed by atoms with Crippen LogP contribution in [0.25, 0.3) is 0 Å². The standard InChI is InChI=1S/C19H20Cl2FNO3/c1-10(2)13-5-11(3-4-16(13)24)6-14-15(20)7-12(19(22)18(14)21)8-23-9-17(25)26/h3-5,7,10,23-24H,6,8-9H2,1-2H3,(H,25,26). The summed E-state index contributed by atoms with van der Waals surface area (Å²) in [5.74, 6) is -1.30. The van der Waals surface area contributed by atoms with Crippen LogP contribution in [0.15, 0.2) is 24.3 Å². The molecule has 0 heterocycles. The summed E-state index contributed by atoms with van der Waals surface area (Å²) in [4.78, 5) is 10.5. The zero-order valence-corrected chi connectivity index (χ0v) is 16.0. The van der Waals surface area contributed by atoms with Gasteiger partial charge in [-0.2, -0.15) is 0 Å². The Kier molecular flexibility index (Phi) is 6.87. The zero-order chi connectivity index (χ0) is 19.4. The second kappa shape index (κ2) is 8.71. The van der Waals surface area contributed by atoms with Gasteiger partial charge in [-0.1, -0.05) is 49.2 Å². The predicted octanol–water partition coefficient (Wildman–Crippen LogP) is 4.73. The minimum absolute atomic E-state index is 0.00849. The average Bonchev–Trinajstić information content (AvgIpc) is 2.57. The molecule has 0 saturated heterocycles. The maximum atomic E-state index is 14.5. The van der Waals surface area contributed by atoms with Crippen LogP contribution >= 0.6 is 23.2 Å². The van der Waals surface area contributed by atoms with E-state index in [1.54, 1.807) is 12.1 Å². The van der Waals surface area contributed by atoms with Gasteiger partial charge in [0.05, 0.1) is 11.6 Å². The molecule has 0 radical (unpaired) electrons. The van der Waals surface area contributed by atoms with Crippen molar-refractivity contribution in [3.63, 3.8) is 0 Å². The van der Waals surface area contributed by atoms with Gasteiger partial charge in [-0.3, -0.25) is 4.79 Å². The van der Waals surface area contributed by atoms with Gasteiger partial charge < -0.3 is 15.5 Å². The normalized spacial score (nSPS) is 11.2. The highest BCUT2D eigenvalue weighted by Crippen LogP contribution is 2.33. The number of carbonyl (C=O) groups is 1. The third kappa shape index (κ3) is 4.87. The Morgan fingerprint density at radius 3 is 2.58 bits per heavy atom. The molecule has 0 unspecified atom stereocenters. The zero-order valence-electron chi connectivity index (χ0n) is 14.4. The summed E-state index contributed by atoms with van der Waals surface area (Å²) < 4.78 is 14.5. The second-order valence-corrected chi connectivity index (χ2v) is 7.13. The van der Waals surface area contributed by atoms with Gasteiger partial charge in [0, 0.05) is 23.6 Å². The van der Waals surface area contributed by atoms with Crippen molar-refractivity contribution in [2.45, 2.75) is 32.7 Å². The van der Waals surface area contributed by atoms with Crippen LogP contribution < -0.4 is 5.32 Å². The summed E-state index contributed by atoms with van der Waals surface area (Å²) in [6.45, 7) is 3.66. The number of benzene rings is 2. The average molecular weight is 400 g/mol. The van der Waals surface area contributed by atoms with Gasteiger partial charge >= 0.3 is 5.97 Å². The number of hydrogen-bond donors (Lipinski definition) is 3. The number of aromatic hydroxyl groups is 1. The number of nitrogens with one attached hydrogen (secondary N) is 1. The molecule has 0 aliphatic rings. The first-order chi connectivity index (χ1) is 12.2. The summed E-state index contributed by atoms with van der Waals surface area (Å²) >= 11 is 12.5. The fourth-order valence-corrected chi connectivity index (χ4v) is 3.29. The fraction of sp³-hybridized carbons (Fsp3) is 0.316. The van der Waals surface area contributed by atoms with Gasteiger partial charge in [0.2, 0.25) is 0 Å². The first-order valence-electron chi connectivity index (χ1n) is 8.10. The fourth-order valence-electron chi connectivity index (χ4n) is 2.66. The van der Waals surface area contributed by atoms with Crippen LogP contribution in [0.5, 0.6) is 5.75 Å². The number of hydrogen-bond acceptors (Lipinski definition) is 3. The van der Waals surface area contributed by atoms with E-state index in [1.165, 1.54) is 6.07 Å². The lowest BCUT2D eigenvalue weighted by molar-refractivity contribution is -0.136. The summed E-state index contributed by atoms with van der Waals surface area (Å²) in [7, 11) is 0. The Morgan fingerprint density at radius 2 is 1.96 bits per heavy atom. The molecule has 140 valence electrons. The largest absolute Gasteiger partial charge is 0.508 e. The predicted molar refractivity (Wildman–Crippen MR) is 101 cm³/mol. The molecule has 4 nitrogen and oxygen atoms in total. The van der Waals surface area contributed by atoms with E-state index in [4.69, 9.17) is 28.3 Å². The molecule has 0 bridgehead atoms. The van der Waals surface area contributed by atoms with Crippen molar-refractivity contribution in [3.05, 3.63) is 62.4 Å². The van der Waals surface area contributed by atoms with Gasteiger partial charge in [0.15, 0.2) is 0 Å². The summed E-state index contributed by atoms with van der Waals surface area (Å²) in [6, 6.07) is 6.66. The molecule has 0 saturated carbocycles. The van der Waals surface area contributed by atoms with Crippen LogP contribution in [-0.4, -0.2) is 22.7 Å². The van der Waals surface area contributed by atoms with Crippen LogP contribution in [-0.2, 0) is 17.8 Å². The van der Waals surface area contributed by atoms with Crippen LogP contribution in [0.2, 0.25) is 10.0 Å². The van der Waals surface area contributed by atoms with Crippen molar-refractivity contribution in [1.29, 1.82) is 0 Å². The van der Waals surface area contributed by atoms with Crippen molar-refractivity contribution < 1.29 is 19.4 Å². The summed E-state index contributed by atoms with van der Waals surface area (Å²) in [5, 5.41) is 21.4. The number of phenolic OH excluding ortho intramolecular Hbond substituents is 1. The Hall–Kier alpha value is -1.82. The molecular weight excluding hydrogens is 380 g/mol. The molecule has 26 heavy (non-hydrogen) atoms. The molecular formula is C19H20Cl2FNO3. The SMILES string of the molecule is CC(C)c1cc(Cc2c(Cl)cc(CNCC(=O)O)c(F)c2Cl)ccc1O. The molecule has 0 aliphatic carbocycles. The first kappa shape index (κ1) is 20.5. The van der Waals surface area contributed by atoms with E-state index in [2.05, 4.69) is 5.32 Å². The Balaban J connectivity index is 2.29. The smallest absolute Gasteiger partial charge is 0.317 e.